The summed E-state index contributed by atoms with van der Waals surface area (Å²) < 4.78 is 2.37. The summed E-state index contributed by atoms with van der Waals surface area (Å²) in [6.45, 7) is 5.60. The number of nitrogens with zero attached hydrogens (tertiary/aromatic N) is 4. The van der Waals surface area contributed by atoms with Gasteiger partial charge < -0.3 is 5.11 Å². The molecule has 0 amide bonds. The van der Waals surface area contributed by atoms with Crippen molar-refractivity contribution in [3.8, 4) is 11.4 Å². The topological polar surface area (TPSA) is 80.9 Å². The monoisotopic (exact) mass is 352 g/mol. The second-order valence-corrected chi connectivity index (χ2v) is 5.72. The maximum atomic E-state index is 11.8. The molecule has 1 aromatic heterocycles. The Bertz CT molecular complexity index is 665. The van der Waals surface area contributed by atoms with E-state index in [0.29, 0.717) is 18.7 Å². The van der Waals surface area contributed by atoms with Gasteiger partial charge in [0, 0.05) is 10.0 Å². The number of halogens is 1. The predicted molar refractivity (Wildman–Crippen MR) is 81.9 cm³/mol. The molecule has 1 N–H and O–H groups in total. The molecule has 0 aliphatic carbocycles. The molecule has 2 aromatic rings. The minimum Gasteiger partial charge on any atom is -0.479 e. The standard InChI is InChI=1S/C14H17BrN4O2/c1-4-14(5-2,13(20)21)19-12(16-17-18-19)10-7-6-8-11(15)9(10)3/h6-8H,4-5H2,1-3H3,(H,20,21). The van der Waals surface area contributed by atoms with Crippen molar-refractivity contribution in [2.75, 3.05) is 0 Å². The van der Waals surface area contributed by atoms with Crippen LogP contribution in [0.3, 0.4) is 0 Å². The summed E-state index contributed by atoms with van der Waals surface area (Å²) in [7, 11) is 0. The van der Waals surface area contributed by atoms with Gasteiger partial charge in [0.1, 0.15) is 0 Å². The van der Waals surface area contributed by atoms with Crippen molar-refractivity contribution in [2.24, 2.45) is 0 Å². The van der Waals surface area contributed by atoms with Gasteiger partial charge in [-0.2, -0.15) is 0 Å². The molecule has 1 aromatic carbocycles. The smallest absolute Gasteiger partial charge is 0.331 e. The molecule has 0 radical (unpaired) electrons. The Morgan fingerprint density at radius 3 is 2.62 bits per heavy atom. The predicted octanol–water partition coefficient (Wildman–Crippen LogP) is 3.01. The molecule has 0 saturated heterocycles. The number of hydrogen-bond acceptors (Lipinski definition) is 4. The van der Waals surface area contributed by atoms with Crippen molar-refractivity contribution in [1.29, 1.82) is 0 Å². The molecule has 7 heteroatoms. The average Bonchev–Trinajstić information content (AvgIpc) is 2.93. The number of carboxylic acid groups (broad SMARTS) is 1. The fourth-order valence-corrected chi connectivity index (χ4v) is 2.80. The first-order chi connectivity index (χ1) is 9.97. The lowest BCUT2D eigenvalue weighted by Gasteiger charge is -2.27. The van der Waals surface area contributed by atoms with Gasteiger partial charge in [-0.1, -0.05) is 41.9 Å². The lowest BCUT2D eigenvalue weighted by molar-refractivity contribution is -0.148. The van der Waals surface area contributed by atoms with Crippen LogP contribution in [0, 0.1) is 6.92 Å². The number of aromatic nitrogens is 4. The maximum Gasteiger partial charge on any atom is 0.331 e. The van der Waals surface area contributed by atoms with Gasteiger partial charge in [-0.05, 0) is 41.8 Å². The molecule has 112 valence electrons. The fourth-order valence-electron chi connectivity index (χ4n) is 2.44. The van der Waals surface area contributed by atoms with Crippen LogP contribution in [0.5, 0.6) is 0 Å². The largest absolute Gasteiger partial charge is 0.479 e. The summed E-state index contributed by atoms with van der Waals surface area (Å²) >= 11 is 3.48. The number of benzene rings is 1. The second-order valence-electron chi connectivity index (χ2n) is 4.87. The van der Waals surface area contributed by atoms with E-state index in [4.69, 9.17) is 0 Å². The number of tetrazole rings is 1. The van der Waals surface area contributed by atoms with Crippen LogP contribution >= 0.6 is 15.9 Å². The summed E-state index contributed by atoms with van der Waals surface area (Å²) in [6.07, 6.45) is 0.813. The third kappa shape index (κ3) is 2.46. The second kappa shape index (κ2) is 5.93. The van der Waals surface area contributed by atoms with Gasteiger partial charge in [-0.3, -0.25) is 0 Å². The molecule has 0 aliphatic rings. The van der Waals surface area contributed by atoms with Gasteiger partial charge >= 0.3 is 5.97 Å². The quantitative estimate of drug-likeness (QED) is 0.894. The first-order valence-electron chi connectivity index (χ1n) is 6.75. The molecule has 6 nitrogen and oxygen atoms in total. The first-order valence-corrected chi connectivity index (χ1v) is 7.55. The van der Waals surface area contributed by atoms with Gasteiger partial charge in [0.15, 0.2) is 11.4 Å². The van der Waals surface area contributed by atoms with Crippen LogP contribution < -0.4 is 0 Å². The third-order valence-electron chi connectivity index (χ3n) is 3.95. The first kappa shape index (κ1) is 15.6. The van der Waals surface area contributed by atoms with E-state index in [9.17, 15) is 9.90 Å². The van der Waals surface area contributed by atoms with E-state index >= 15 is 0 Å². The van der Waals surface area contributed by atoms with Gasteiger partial charge in [0.2, 0.25) is 0 Å². The van der Waals surface area contributed by atoms with Crippen LogP contribution in [0.2, 0.25) is 0 Å². The van der Waals surface area contributed by atoms with Gasteiger partial charge in [-0.25, -0.2) is 9.48 Å². The Hall–Kier alpha value is -1.76. The molecule has 0 bridgehead atoms. The lowest BCUT2D eigenvalue weighted by Crippen LogP contribution is -2.42. The minimum absolute atomic E-state index is 0.407. The number of carbonyl (C=O) groups is 1. The number of carboxylic acids is 1. The van der Waals surface area contributed by atoms with Crippen molar-refractivity contribution >= 4 is 21.9 Å². The van der Waals surface area contributed by atoms with E-state index in [1.807, 2.05) is 39.0 Å². The molecule has 0 saturated carbocycles. The zero-order valence-corrected chi connectivity index (χ0v) is 13.8. The highest BCUT2D eigenvalue weighted by Crippen LogP contribution is 2.32. The summed E-state index contributed by atoms with van der Waals surface area (Å²) in [4.78, 5) is 11.8. The molecule has 0 unspecified atom stereocenters. The maximum absolute atomic E-state index is 11.8. The zero-order chi connectivity index (χ0) is 15.6. The molecule has 0 atom stereocenters. The Kier molecular flexibility index (Phi) is 4.41. The number of aliphatic carboxylic acids is 1. The van der Waals surface area contributed by atoms with Crippen LogP contribution in [-0.4, -0.2) is 31.3 Å². The van der Waals surface area contributed by atoms with E-state index in [0.717, 1.165) is 15.6 Å². The zero-order valence-electron chi connectivity index (χ0n) is 12.2. The third-order valence-corrected chi connectivity index (χ3v) is 4.81. The highest BCUT2D eigenvalue weighted by molar-refractivity contribution is 9.10. The molecule has 0 spiro atoms. The van der Waals surface area contributed by atoms with Crippen molar-refractivity contribution in [2.45, 2.75) is 39.2 Å². The van der Waals surface area contributed by atoms with E-state index in [2.05, 4.69) is 31.5 Å². The number of rotatable bonds is 5. The van der Waals surface area contributed by atoms with E-state index in [-0.39, 0.29) is 0 Å². The Labute approximate surface area is 131 Å². The average molecular weight is 353 g/mol. The van der Waals surface area contributed by atoms with Crippen LogP contribution in [0.25, 0.3) is 11.4 Å². The van der Waals surface area contributed by atoms with E-state index in [1.165, 1.54) is 4.68 Å². The normalized spacial score (nSPS) is 11.6. The molecule has 0 aliphatic heterocycles. The Balaban J connectivity index is 2.68. The highest BCUT2D eigenvalue weighted by atomic mass is 79.9. The number of hydrogen-bond donors (Lipinski definition) is 1. The summed E-state index contributed by atoms with van der Waals surface area (Å²) in [6, 6.07) is 5.70. The van der Waals surface area contributed by atoms with Crippen molar-refractivity contribution < 1.29 is 9.90 Å². The summed E-state index contributed by atoms with van der Waals surface area (Å²) in [5.41, 5.74) is 0.662. The van der Waals surface area contributed by atoms with Crippen LogP contribution in [0.1, 0.15) is 32.3 Å². The van der Waals surface area contributed by atoms with Crippen molar-refractivity contribution in [3.63, 3.8) is 0 Å². The van der Waals surface area contributed by atoms with E-state index in [1.54, 1.807) is 0 Å². The van der Waals surface area contributed by atoms with Gasteiger partial charge in [0.05, 0.1) is 0 Å². The lowest BCUT2D eigenvalue weighted by atomic mass is 9.92. The fraction of sp³-hybridized carbons (Fsp3) is 0.429. The molecular formula is C14H17BrN4O2. The van der Waals surface area contributed by atoms with Crippen molar-refractivity contribution in [3.05, 3.63) is 28.2 Å². The Morgan fingerprint density at radius 1 is 1.38 bits per heavy atom. The molecule has 1 heterocycles. The molecule has 21 heavy (non-hydrogen) atoms. The molecular weight excluding hydrogens is 336 g/mol. The summed E-state index contributed by atoms with van der Waals surface area (Å²) in [5.74, 6) is -0.450. The van der Waals surface area contributed by atoms with Crippen LogP contribution in [-0.2, 0) is 10.3 Å². The van der Waals surface area contributed by atoms with Gasteiger partial charge in [-0.15, -0.1) is 5.10 Å². The summed E-state index contributed by atoms with van der Waals surface area (Å²) in [5, 5.41) is 21.4. The van der Waals surface area contributed by atoms with Crippen LogP contribution in [0.4, 0.5) is 0 Å². The van der Waals surface area contributed by atoms with E-state index < -0.39 is 11.5 Å². The SMILES string of the molecule is CCC(CC)(C(=O)O)n1nnnc1-c1cccc(Br)c1C. The minimum atomic E-state index is -1.13. The Morgan fingerprint density at radius 2 is 2.05 bits per heavy atom. The van der Waals surface area contributed by atoms with Gasteiger partial charge in [0.25, 0.3) is 0 Å². The highest BCUT2D eigenvalue weighted by Gasteiger charge is 2.40. The van der Waals surface area contributed by atoms with Crippen LogP contribution in [0.15, 0.2) is 22.7 Å². The molecule has 0 fully saturated rings. The molecule has 2 rings (SSSR count). The van der Waals surface area contributed by atoms with Crippen molar-refractivity contribution in [1.82, 2.24) is 20.2 Å².